The van der Waals surface area contributed by atoms with Crippen LogP contribution in [-0.2, 0) is 11.0 Å². The summed E-state index contributed by atoms with van der Waals surface area (Å²) in [7, 11) is -1.75. The minimum absolute atomic E-state index is 0.210. The fraction of sp³-hybridized carbons (Fsp3) is 0.750. The zero-order valence-electron chi connectivity index (χ0n) is 15.0. The molecule has 0 aliphatic rings. The molecule has 0 fully saturated rings. The smallest absolute Gasteiger partial charge is 0.192 e. The van der Waals surface area contributed by atoms with Crippen LogP contribution >= 0.6 is 11.3 Å². The summed E-state index contributed by atoms with van der Waals surface area (Å²) in [5, 5.41) is 9.97. The lowest BCUT2D eigenvalue weighted by Gasteiger charge is -2.36. The van der Waals surface area contributed by atoms with Crippen molar-refractivity contribution in [1.82, 2.24) is 4.98 Å². The first-order valence-corrected chi connectivity index (χ1v) is 11.6. The highest BCUT2D eigenvalue weighted by Gasteiger charge is 2.37. The molecule has 1 aromatic rings. The molecule has 0 atom stereocenters. The number of nitriles is 1. The van der Waals surface area contributed by atoms with E-state index in [4.69, 9.17) is 14.7 Å². The molecule has 1 rings (SSSR count). The van der Waals surface area contributed by atoms with Crippen molar-refractivity contribution in [2.24, 2.45) is 0 Å². The molecule has 0 amide bonds. The minimum atomic E-state index is -1.75. The molecule has 0 radical (unpaired) electrons. The third-order valence-corrected chi connectivity index (χ3v) is 9.96. The summed E-state index contributed by atoms with van der Waals surface area (Å²) in [5.74, 6) is 0. The molecule has 0 aliphatic carbocycles. The van der Waals surface area contributed by atoms with Crippen molar-refractivity contribution in [3.63, 3.8) is 0 Å². The van der Waals surface area contributed by atoms with E-state index >= 15 is 0 Å². The summed E-state index contributed by atoms with van der Waals surface area (Å²) in [5.41, 5.74) is 1.04. The van der Waals surface area contributed by atoms with Crippen molar-refractivity contribution < 1.29 is 4.43 Å². The van der Waals surface area contributed by atoms with E-state index in [1.54, 1.807) is 11.3 Å². The molecule has 22 heavy (non-hydrogen) atoms. The number of nitrogens with zero attached hydrogens (tertiary/aromatic N) is 3. The first-order chi connectivity index (χ1) is 10.1. The van der Waals surface area contributed by atoms with Crippen LogP contribution in [0.3, 0.4) is 0 Å². The molecule has 0 N–H and O–H groups in total. The van der Waals surface area contributed by atoms with Gasteiger partial charge in [0.25, 0.3) is 0 Å². The van der Waals surface area contributed by atoms with Crippen molar-refractivity contribution in [3.05, 3.63) is 10.6 Å². The van der Waals surface area contributed by atoms with E-state index in [9.17, 15) is 0 Å². The Morgan fingerprint density at radius 2 is 2.00 bits per heavy atom. The molecule has 0 spiro atoms. The second kappa shape index (κ2) is 7.58. The van der Waals surface area contributed by atoms with Crippen LogP contribution in [0, 0.1) is 18.3 Å². The van der Waals surface area contributed by atoms with E-state index < -0.39 is 8.32 Å². The number of aryl methyl sites for hydroxylation is 1. The van der Waals surface area contributed by atoms with Crippen molar-refractivity contribution in [1.29, 1.82) is 5.26 Å². The van der Waals surface area contributed by atoms with Crippen LogP contribution in [0.4, 0.5) is 5.13 Å². The third-order valence-electron chi connectivity index (χ3n) is 4.40. The molecule has 1 aromatic heterocycles. The maximum Gasteiger partial charge on any atom is 0.192 e. The van der Waals surface area contributed by atoms with E-state index in [-0.39, 0.29) is 5.04 Å². The fourth-order valence-electron chi connectivity index (χ4n) is 1.72. The van der Waals surface area contributed by atoms with Gasteiger partial charge in [-0.05, 0) is 32.0 Å². The minimum Gasteiger partial charge on any atom is -0.411 e. The lowest BCUT2D eigenvalue weighted by molar-refractivity contribution is 0.272. The highest BCUT2D eigenvalue weighted by Crippen LogP contribution is 2.37. The quantitative estimate of drug-likeness (QED) is 0.675. The van der Waals surface area contributed by atoms with E-state index in [0.717, 1.165) is 23.9 Å². The van der Waals surface area contributed by atoms with Crippen molar-refractivity contribution in [2.45, 2.75) is 65.8 Å². The molecular weight excluding hydrogens is 310 g/mol. The Bertz CT molecular complexity index is 528. The fourth-order valence-corrected chi connectivity index (χ4v) is 3.65. The van der Waals surface area contributed by atoms with Gasteiger partial charge in [-0.2, -0.15) is 5.26 Å². The van der Waals surface area contributed by atoms with Gasteiger partial charge in [-0.1, -0.05) is 20.8 Å². The largest absolute Gasteiger partial charge is 0.411 e. The highest BCUT2D eigenvalue weighted by atomic mass is 32.1. The van der Waals surface area contributed by atoms with Gasteiger partial charge >= 0.3 is 0 Å². The molecule has 124 valence electrons. The van der Waals surface area contributed by atoms with E-state index in [1.807, 2.05) is 0 Å². The second-order valence-electron chi connectivity index (χ2n) is 7.04. The van der Waals surface area contributed by atoms with Crippen LogP contribution in [0.5, 0.6) is 0 Å². The van der Waals surface area contributed by atoms with Gasteiger partial charge in [-0.3, -0.25) is 0 Å². The first kappa shape index (κ1) is 19.1. The topological polar surface area (TPSA) is 49.2 Å². The highest BCUT2D eigenvalue weighted by molar-refractivity contribution is 7.15. The van der Waals surface area contributed by atoms with E-state index in [2.05, 4.69) is 58.7 Å². The zero-order valence-corrected chi connectivity index (χ0v) is 16.8. The van der Waals surface area contributed by atoms with Crippen LogP contribution in [0.25, 0.3) is 0 Å². The van der Waals surface area contributed by atoms with Crippen LogP contribution in [-0.4, -0.2) is 26.4 Å². The van der Waals surface area contributed by atoms with Gasteiger partial charge in [0, 0.05) is 18.0 Å². The summed E-state index contributed by atoms with van der Waals surface area (Å²) in [4.78, 5) is 8.13. The van der Waals surface area contributed by atoms with E-state index in [0.29, 0.717) is 13.0 Å². The zero-order chi connectivity index (χ0) is 17.0. The Labute approximate surface area is 140 Å². The van der Waals surface area contributed by atoms with Crippen LogP contribution < -0.4 is 4.90 Å². The number of thiazole rings is 1. The number of hydrogen-bond acceptors (Lipinski definition) is 5. The summed E-state index contributed by atoms with van der Waals surface area (Å²) in [6.45, 7) is 17.7. The number of aromatic nitrogens is 1. The molecular formula is C16H29N3OSSi. The summed E-state index contributed by atoms with van der Waals surface area (Å²) >= 11 is 1.70. The van der Waals surface area contributed by atoms with Crippen molar-refractivity contribution in [3.8, 4) is 6.07 Å². The van der Waals surface area contributed by atoms with Crippen molar-refractivity contribution >= 4 is 24.8 Å². The van der Waals surface area contributed by atoms with Gasteiger partial charge < -0.3 is 9.33 Å². The van der Waals surface area contributed by atoms with Gasteiger partial charge in [-0.15, -0.1) is 11.3 Å². The Hall–Kier alpha value is -0.903. The van der Waals surface area contributed by atoms with Crippen LogP contribution in [0.1, 0.15) is 44.7 Å². The SMILES string of the molecule is CCN(CCC#N)c1nc(CO[Si](C)(C)C(C)(C)C)c(C)s1. The molecule has 1 heterocycles. The number of anilines is 1. The molecule has 6 heteroatoms. The summed E-state index contributed by atoms with van der Waals surface area (Å²) < 4.78 is 6.28. The normalized spacial score (nSPS) is 12.3. The van der Waals surface area contributed by atoms with Gasteiger partial charge in [-0.25, -0.2) is 4.98 Å². The molecule has 0 unspecified atom stereocenters. The molecule has 0 saturated carbocycles. The Morgan fingerprint density at radius 1 is 1.36 bits per heavy atom. The second-order valence-corrected chi connectivity index (χ2v) is 13.0. The van der Waals surface area contributed by atoms with Gasteiger partial charge in [0.15, 0.2) is 13.4 Å². The predicted molar refractivity (Wildman–Crippen MR) is 97.0 cm³/mol. The standard InChI is InChI=1S/C16H29N3OSSi/c1-8-19(11-9-10-17)15-18-14(13(2)21-15)12-20-22(6,7)16(3,4)5/h8-9,11-12H2,1-7H3. The average Bonchev–Trinajstić information content (AvgIpc) is 2.77. The summed E-state index contributed by atoms with van der Waals surface area (Å²) in [6.07, 6.45) is 0.530. The van der Waals surface area contributed by atoms with Crippen LogP contribution in [0.2, 0.25) is 18.1 Å². The third kappa shape index (κ3) is 4.80. The lowest BCUT2D eigenvalue weighted by atomic mass is 10.2. The van der Waals surface area contributed by atoms with Crippen LogP contribution in [0.15, 0.2) is 0 Å². The maximum atomic E-state index is 8.76. The monoisotopic (exact) mass is 339 g/mol. The average molecular weight is 340 g/mol. The molecule has 4 nitrogen and oxygen atoms in total. The van der Waals surface area contributed by atoms with Gasteiger partial charge in [0.05, 0.1) is 24.8 Å². The van der Waals surface area contributed by atoms with Gasteiger partial charge in [0.2, 0.25) is 0 Å². The molecule has 0 bridgehead atoms. The number of rotatable bonds is 7. The maximum absolute atomic E-state index is 8.76. The molecule has 0 aliphatic heterocycles. The first-order valence-electron chi connectivity index (χ1n) is 7.84. The Morgan fingerprint density at radius 3 is 2.50 bits per heavy atom. The van der Waals surface area contributed by atoms with E-state index in [1.165, 1.54) is 4.88 Å². The molecule has 0 aromatic carbocycles. The lowest BCUT2D eigenvalue weighted by Crippen LogP contribution is -2.40. The van der Waals surface area contributed by atoms with Gasteiger partial charge in [0.1, 0.15) is 0 Å². The molecule has 0 saturated heterocycles. The Kier molecular flexibility index (Phi) is 6.60. The number of hydrogen-bond donors (Lipinski definition) is 0. The predicted octanol–water partition coefficient (Wildman–Crippen LogP) is 4.71. The van der Waals surface area contributed by atoms with Crippen molar-refractivity contribution in [2.75, 3.05) is 18.0 Å². The summed E-state index contributed by atoms with van der Waals surface area (Å²) in [6, 6.07) is 2.20. The Balaban J connectivity index is 2.80.